The van der Waals surface area contributed by atoms with Gasteiger partial charge in [0.2, 0.25) is 10.1 Å². The third-order valence-corrected chi connectivity index (χ3v) is 4.24. The van der Waals surface area contributed by atoms with Gasteiger partial charge in [0.05, 0.1) is 0 Å². The zero-order valence-corrected chi connectivity index (χ0v) is 20.8. The van der Waals surface area contributed by atoms with Gasteiger partial charge in [0.15, 0.2) is 0 Å². The van der Waals surface area contributed by atoms with E-state index in [2.05, 4.69) is 6.92 Å². The van der Waals surface area contributed by atoms with Crippen LogP contribution in [0.2, 0.25) is 0 Å². The van der Waals surface area contributed by atoms with E-state index in [0.717, 1.165) is 0 Å². The number of hydrogen-bond donors (Lipinski definition) is 2. The molecule has 0 fully saturated rings. The van der Waals surface area contributed by atoms with E-state index in [1.54, 1.807) is 20.8 Å². The van der Waals surface area contributed by atoms with Crippen molar-refractivity contribution in [2.45, 2.75) is 39.4 Å². The van der Waals surface area contributed by atoms with E-state index in [1.165, 1.54) is 31.2 Å². The van der Waals surface area contributed by atoms with Crippen molar-refractivity contribution in [2.75, 3.05) is 13.2 Å². The van der Waals surface area contributed by atoms with E-state index in [9.17, 15) is 27.9 Å². The molecule has 0 saturated heterocycles. The van der Waals surface area contributed by atoms with E-state index in [0.29, 0.717) is 0 Å². The number of carbonyl (C=O) groups excluding carboxylic acids is 2. The number of allylic oxidation sites excluding steroid dienone is 2. The number of aliphatic carboxylic acids is 1. The molecular weight excluding hydrogens is 419 g/mol. The zero-order chi connectivity index (χ0) is 21.7. The molecule has 0 aromatic carbocycles. The fourth-order valence-corrected chi connectivity index (χ4v) is 1.31. The Bertz CT molecular complexity index is 624. The standard InChI is InChI=1S/C14H20O6.C3H7O3S.K/c1-4-7-11(15)19-9-14(6-3,13(17)18)10-20-12(16)8-5-2;1-3(2)7(4,5)6;/h4-5,7-8H,6,9-10H2,1-3H3,(H,17,18);3H,1H2,2H3,(H,4,5,6);/q;-1;+1. The molecule has 1 unspecified atom stereocenters. The number of carboxylic acids is 1. The molecule has 0 aromatic rings. The average molecular weight is 447 g/mol. The summed E-state index contributed by atoms with van der Waals surface area (Å²) >= 11 is 0. The fraction of sp³-hybridized carbons (Fsp3) is 0.529. The Morgan fingerprint density at radius 3 is 1.57 bits per heavy atom. The van der Waals surface area contributed by atoms with Crippen molar-refractivity contribution in [3.8, 4) is 0 Å². The maximum Gasteiger partial charge on any atom is 1.00 e. The van der Waals surface area contributed by atoms with E-state index in [-0.39, 0.29) is 71.0 Å². The van der Waals surface area contributed by atoms with Gasteiger partial charge in [-0.15, -0.1) is 0 Å². The summed E-state index contributed by atoms with van der Waals surface area (Å²) in [7, 11) is -3.85. The van der Waals surface area contributed by atoms with E-state index in [4.69, 9.17) is 14.0 Å². The first-order valence-electron chi connectivity index (χ1n) is 7.98. The molecule has 0 bridgehead atoms. The molecule has 0 aromatic heterocycles. The molecule has 0 aliphatic rings. The van der Waals surface area contributed by atoms with E-state index in [1.807, 2.05) is 0 Å². The maximum atomic E-state index is 11.4. The van der Waals surface area contributed by atoms with Gasteiger partial charge in [0.1, 0.15) is 18.6 Å². The molecule has 28 heavy (non-hydrogen) atoms. The van der Waals surface area contributed by atoms with Gasteiger partial charge in [0, 0.05) is 12.2 Å². The van der Waals surface area contributed by atoms with Crippen molar-refractivity contribution in [1.82, 2.24) is 0 Å². The zero-order valence-electron chi connectivity index (χ0n) is 16.9. The molecule has 0 spiro atoms. The summed E-state index contributed by atoms with van der Waals surface area (Å²) in [4.78, 5) is 33.9. The first-order valence-corrected chi connectivity index (χ1v) is 9.48. The molecule has 1 atom stereocenters. The molecule has 9 nitrogen and oxygen atoms in total. The second-order valence-corrected chi connectivity index (χ2v) is 7.31. The Hall–Kier alpha value is -0.564. The summed E-state index contributed by atoms with van der Waals surface area (Å²) in [5.41, 5.74) is -1.44. The van der Waals surface area contributed by atoms with E-state index < -0.39 is 38.7 Å². The number of esters is 2. The van der Waals surface area contributed by atoms with Crippen LogP contribution in [0.25, 0.3) is 0 Å². The monoisotopic (exact) mass is 446 g/mol. The molecule has 0 aliphatic carbocycles. The number of carboxylic acid groups (broad SMARTS) is 1. The van der Waals surface area contributed by atoms with Gasteiger partial charge in [-0.2, -0.15) is 0 Å². The molecule has 0 heterocycles. The molecule has 11 heteroatoms. The minimum absolute atomic E-state index is 0. The SMILES string of the molecule is CC=CC(=O)OCC(CC)(COC(=O)C=CC)C(=O)O.[CH2-]C(C)S(=O)(=O)O.[K+]. The normalized spacial score (nSPS) is 14.2. The van der Waals surface area contributed by atoms with Crippen molar-refractivity contribution in [3.63, 3.8) is 0 Å². The van der Waals surface area contributed by atoms with Crippen LogP contribution in [0.5, 0.6) is 0 Å². The van der Waals surface area contributed by atoms with Gasteiger partial charge in [-0.05, 0) is 25.5 Å². The predicted molar refractivity (Wildman–Crippen MR) is 98.3 cm³/mol. The van der Waals surface area contributed by atoms with Crippen LogP contribution in [0.1, 0.15) is 34.1 Å². The molecule has 0 amide bonds. The molecule has 0 saturated carbocycles. The Morgan fingerprint density at radius 1 is 1.07 bits per heavy atom. The van der Waals surface area contributed by atoms with Crippen LogP contribution >= 0.6 is 0 Å². The largest absolute Gasteiger partial charge is 1.00 e. The molecule has 0 radical (unpaired) electrons. The molecule has 0 aliphatic heterocycles. The summed E-state index contributed by atoms with van der Waals surface area (Å²) < 4.78 is 37.4. The van der Waals surface area contributed by atoms with Crippen molar-refractivity contribution in [1.29, 1.82) is 0 Å². The molecule has 156 valence electrons. The second kappa shape index (κ2) is 16.3. The van der Waals surface area contributed by atoms with Gasteiger partial charge in [-0.25, -0.2) is 18.0 Å². The van der Waals surface area contributed by atoms with Gasteiger partial charge >= 0.3 is 69.3 Å². The molecule has 0 rings (SSSR count). The van der Waals surface area contributed by atoms with Crippen LogP contribution in [0.4, 0.5) is 0 Å². The predicted octanol–water partition coefficient (Wildman–Crippen LogP) is -1.19. The fourth-order valence-electron chi connectivity index (χ4n) is 1.31. The topological polar surface area (TPSA) is 144 Å². The first kappa shape index (κ1) is 32.1. The van der Waals surface area contributed by atoms with Crippen LogP contribution in [0, 0.1) is 12.3 Å². The van der Waals surface area contributed by atoms with Crippen molar-refractivity contribution in [2.24, 2.45) is 5.41 Å². The van der Waals surface area contributed by atoms with Gasteiger partial charge in [-0.1, -0.05) is 26.0 Å². The summed E-state index contributed by atoms with van der Waals surface area (Å²) in [6.07, 6.45) is 5.52. The van der Waals surface area contributed by atoms with Crippen molar-refractivity contribution in [3.05, 3.63) is 31.2 Å². The summed E-state index contributed by atoms with van der Waals surface area (Å²) in [6.45, 7) is 8.57. The third-order valence-electron chi connectivity index (χ3n) is 3.23. The maximum absolute atomic E-state index is 11.4. The number of hydrogen-bond acceptors (Lipinski definition) is 7. The summed E-state index contributed by atoms with van der Waals surface area (Å²) in [6, 6.07) is 0. The Morgan fingerprint density at radius 2 is 1.39 bits per heavy atom. The van der Waals surface area contributed by atoms with Gasteiger partial charge < -0.3 is 21.5 Å². The minimum atomic E-state index is -3.85. The van der Waals surface area contributed by atoms with Crippen molar-refractivity contribution >= 4 is 28.0 Å². The van der Waals surface area contributed by atoms with Crippen LogP contribution in [-0.4, -0.2) is 54.4 Å². The molecular formula is C17H27KO9S. The number of ether oxygens (including phenoxy) is 2. The summed E-state index contributed by atoms with van der Waals surface area (Å²) in [5, 5.41) is 8.37. The van der Waals surface area contributed by atoms with Gasteiger partial charge in [-0.3, -0.25) is 9.35 Å². The van der Waals surface area contributed by atoms with Crippen LogP contribution < -0.4 is 51.4 Å². The van der Waals surface area contributed by atoms with Crippen LogP contribution in [-0.2, 0) is 34.0 Å². The number of carbonyl (C=O) groups is 3. The van der Waals surface area contributed by atoms with Crippen LogP contribution in [0.15, 0.2) is 24.3 Å². The number of rotatable bonds is 9. The third kappa shape index (κ3) is 14.4. The Labute approximate surface area is 208 Å². The molecule has 2 N–H and O–H groups in total. The van der Waals surface area contributed by atoms with Gasteiger partial charge in [0.25, 0.3) is 0 Å². The van der Waals surface area contributed by atoms with Crippen LogP contribution in [0.3, 0.4) is 0 Å². The first-order chi connectivity index (χ1) is 12.4. The minimum Gasteiger partial charge on any atom is -0.481 e. The Kier molecular flexibility index (Phi) is 18.6. The summed E-state index contributed by atoms with van der Waals surface area (Å²) in [5.74, 6) is -2.45. The smallest absolute Gasteiger partial charge is 0.481 e. The van der Waals surface area contributed by atoms with Crippen molar-refractivity contribution < 1.29 is 93.3 Å². The average Bonchev–Trinajstić information content (AvgIpc) is 2.55. The second-order valence-electron chi connectivity index (χ2n) is 5.48. The quantitative estimate of drug-likeness (QED) is 0.147. The van der Waals surface area contributed by atoms with E-state index >= 15 is 0 Å². The Balaban J connectivity index is -0.000000665.